The number of hydrogen-bond acceptors (Lipinski definition) is 10. The molecule has 5 aromatic rings. The van der Waals surface area contributed by atoms with E-state index in [1.807, 2.05) is 44.3 Å². The number of hydrogen-bond donors (Lipinski definition) is 2. The lowest BCUT2D eigenvalue weighted by Crippen LogP contribution is -2.43. The van der Waals surface area contributed by atoms with Crippen LogP contribution in [0.25, 0.3) is 22.1 Å². The molecular weight excluding hydrogens is 670 g/mol. The number of ether oxygens (including phenoxy) is 5. The molecule has 5 heterocycles. The molecule has 2 aliphatic rings. The minimum Gasteiger partial charge on any atom is -0.497 e. The second-order valence-corrected chi connectivity index (χ2v) is 16.1. The summed E-state index contributed by atoms with van der Waals surface area (Å²) in [5, 5.41) is 4.37. The van der Waals surface area contributed by atoms with Gasteiger partial charge in [0.1, 0.15) is 53.4 Å². The number of H-pyrrole nitrogens is 1. The molecule has 0 aliphatic carbocycles. The van der Waals surface area contributed by atoms with Crippen molar-refractivity contribution < 1.29 is 23.7 Å². The molecule has 0 saturated carbocycles. The topological polar surface area (TPSA) is 121 Å². The molecule has 0 bridgehead atoms. The second-order valence-electron chi connectivity index (χ2n) is 16.1. The van der Waals surface area contributed by atoms with Crippen molar-refractivity contribution in [2.45, 2.75) is 116 Å². The molecule has 2 aliphatic heterocycles. The number of aryl methyl sites for hydroxylation is 1. The Labute approximate surface area is 312 Å². The SMILES string of the molecule is COc1ccc(CNc2ncnc3c2ccn3[C@@H]2O[C@H](CN(CCCCc3nc4cc(C(C)(C)C)ccc4[nH]3)C(C)C)[C@H]3OC(C)(C)O[C@@H]32)c(OC)c1. The number of methoxy groups -OCH3 is 2. The van der Waals surface area contributed by atoms with Gasteiger partial charge in [-0.2, -0.15) is 0 Å². The lowest BCUT2D eigenvalue weighted by molar-refractivity contribution is -0.198. The first kappa shape index (κ1) is 37.1. The second kappa shape index (κ2) is 14.9. The van der Waals surface area contributed by atoms with E-state index in [0.29, 0.717) is 12.6 Å². The summed E-state index contributed by atoms with van der Waals surface area (Å²) in [5.41, 5.74) is 5.30. The third-order valence-electron chi connectivity index (χ3n) is 10.5. The zero-order valence-corrected chi connectivity index (χ0v) is 32.6. The molecule has 2 saturated heterocycles. The van der Waals surface area contributed by atoms with Crippen LogP contribution in [0.5, 0.6) is 11.5 Å². The molecular formula is C41H55N7O5. The fourth-order valence-electron chi connectivity index (χ4n) is 7.57. The van der Waals surface area contributed by atoms with E-state index in [9.17, 15) is 0 Å². The monoisotopic (exact) mass is 725 g/mol. The molecule has 4 atom stereocenters. The average Bonchev–Trinajstić information content (AvgIpc) is 3.89. The van der Waals surface area contributed by atoms with Gasteiger partial charge < -0.3 is 38.6 Å². The van der Waals surface area contributed by atoms with E-state index in [1.54, 1.807) is 20.5 Å². The van der Waals surface area contributed by atoms with Crippen LogP contribution in [-0.2, 0) is 32.6 Å². The zero-order valence-electron chi connectivity index (χ0n) is 32.6. The molecule has 12 heteroatoms. The van der Waals surface area contributed by atoms with Crippen LogP contribution in [0, 0.1) is 0 Å². The molecule has 284 valence electrons. The number of aromatic amines is 1. The normalized spacial score (nSPS) is 21.3. The molecule has 7 rings (SSSR count). The Morgan fingerprint density at radius 2 is 1.81 bits per heavy atom. The Morgan fingerprint density at radius 3 is 2.57 bits per heavy atom. The van der Waals surface area contributed by atoms with Crippen LogP contribution in [-0.4, -0.2) is 86.9 Å². The molecule has 2 fully saturated rings. The van der Waals surface area contributed by atoms with Gasteiger partial charge in [-0.3, -0.25) is 4.90 Å². The van der Waals surface area contributed by atoms with Crippen LogP contribution < -0.4 is 14.8 Å². The van der Waals surface area contributed by atoms with Crippen LogP contribution in [0.4, 0.5) is 5.82 Å². The van der Waals surface area contributed by atoms with E-state index in [1.165, 1.54) is 5.56 Å². The number of nitrogens with zero attached hydrogens (tertiary/aromatic N) is 5. The lowest BCUT2D eigenvalue weighted by Gasteiger charge is -2.31. The highest BCUT2D eigenvalue weighted by Gasteiger charge is 2.56. The van der Waals surface area contributed by atoms with Crippen molar-refractivity contribution in [1.82, 2.24) is 29.4 Å². The lowest BCUT2D eigenvalue weighted by atomic mass is 9.87. The van der Waals surface area contributed by atoms with Gasteiger partial charge in [0, 0.05) is 43.4 Å². The highest BCUT2D eigenvalue weighted by Crippen LogP contribution is 2.44. The Hall–Kier alpha value is -4.23. The molecule has 3 aromatic heterocycles. The predicted molar refractivity (Wildman–Crippen MR) is 207 cm³/mol. The average molecular weight is 726 g/mol. The van der Waals surface area contributed by atoms with E-state index in [-0.39, 0.29) is 23.7 Å². The summed E-state index contributed by atoms with van der Waals surface area (Å²) in [6.45, 7) is 17.4. The molecule has 0 amide bonds. The van der Waals surface area contributed by atoms with Crippen molar-refractivity contribution in [2.75, 3.05) is 32.6 Å². The molecule has 53 heavy (non-hydrogen) atoms. The summed E-state index contributed by atoms with van der Waals surface area (Å²) in [4.78, 5) is 20.2. The van der Waals surface area contributed by atoms with Gasteiger partial charge in [-0.05, 0) is 88.4 Å². The Bertz CT molecular complexity index is 2030. The first-order chi connectivity index (χ1) is 25.3. The molecule has 2 aromatic carbocycles. The summed E-state index contributed by atoms with van der Waals surface area (Å²) in [6, 6.07) is 14.7. The molecule has 0 spiro atoms. The van der Waals surface area contributed by atoms with Crippen LogP contribution in [0.3, 0.4) is 0 Å². The van der Waals surface area contributed by atoms with E-state index >= 15 is 0 Å². The Morgan fingerprint density at radius 1 is 1.00 bits per heavy atom. The van der Waals surface area contributed by atoms with E-state index < -0.39 is 12.0 Å². The zero-order chi connectivity index (χ0) is 37.5. The number of anilines is 1. The van der Waals surface area contributed by atoms with Gasteiger partial charge in [-0.15, -0.1) is 0 Å². The van der Waals surface area contributed by atoms with Gasteiger partial charge in [-0.1, -0.05) is 26.8 Å². The number of benzene rings is 2. The van der Waals surface area contributed by atoms with Crippen LogP contribution in [0.15, 0.2) is 55.0 Å². The van der Waals surface area contributed by atoms with Crippen LogP contribution in [0.1, 0.15) is 84.5 Å². The van der Waals surface area contributed by atoms with Crippen molar-refractivity contribution in [1.29, 1.82) is 0 Å². The van der Waals surface area contributed by atoms with Gasteiger partial charge >= 0.3 is 0 Å². The number of imidazole rings is 1. The first-order valence-corrected chi connectivity index (χ1v) is 18.8. The van der Waals surface area contributed by atoms with Gasteiger partial charge in [0.15, 0.2) is 12.0 Å². The number of aromatic nitrogens is 5. The van der Waals surface area contributed by atoms with Crippen molar-refractivity contribution in [2.24, 2.45) is 0 Å². The number of fused-ring (bicyclic) bond motifs is 3. The van der Waals surface area contributed by atoms with E-state index in [2.05, 4.69) is 77.6 Å². The van der Waals surface area contributed by atoms with Gasteiger partial charge in [0.05, 0.1) is 30.6 Å². The highest BCUT2D eigenvalue weighted by molar-refractivity contribution is 5.87. The minimum atomic E-state index is -0.722. The van der Waals surface area contributed by atoms with Crippen molar-refractivity contribution >= 4 is 27.9 Å². The van der Waals surface area contributed by atoms with Crippen molar-refractivity contribution in [3.8, 4) is 11.5 Å². The van der Waals surface area contributed by atoms with Crippen LogP contribution >= 0.6 is 0 Å². The number of nitrogens with one attached hydrogen (secondary N) is 2. The van der Waals surface area contributed by atoms with Gasteiger partial charge in [0.2, 0.25) is 0 Å². The maximum Gasteiger partial charge on any atom is 0.164 e. The number of rotatable bonds is 14. The fraction of sp³-hybridized carbons (Fsp3) is 0.537. The smallest absolute Gasteiger partial charge is 0.164 e. The third kappa shape index (κ3) is 7.87. The highest BCUT2D eigenvalue weighted by atomic mass is 16.8. The molecule has 0 radical (unpaired) electrons. The molecule has 2 N–H and O–H groups in total. The van der Waals surface area contributed by atoms with Crippen molar-refractivity contribution in [3.05, 3.63) is 71.9 Å². The maximum absolute atomic E-state index is 6.87. The third-order valence-corrected chi connectivity index (χ3v) is 10.5. The molecule has 12 nitrogen and oxygen atoms in total. The summed E-state index contributed by atoms with van der Waals surface area (Å²) in [7, 11) is 3.30. The van der Waals surface area contributed by atoms with E-state index in [0.717, 1.165) is 83.1 Å². The predicted octanol–water partition coefficient (Wildman–Crippen LogP) is 7.39. The summed E-state index contributed by atoms with van der Waals surface area (Å²) >= 11 is 0. The summed E-state index contributed by atoms with van der Waals surface area (Å²) in [6.07, 6.45) is 5.50. The number of unbranched alkanes of at least 4 members (excludes halogenated alkanes) is 1. The van der Waals surface area contributed by atoms with Gasteiger partial charge in [-0.25, -0.2) is 15.0 Å². The standard InChI is InChI=1S/C41H55N7O5/c1-25(2)47(18-11-10-12-34-45-30-16-14-27(40(3,4)5)20-31(30)46-34)23-33-35-36(53-41(6,7)52-35)39(51-33)48-19-17-29-37(43-24-44-38(29)48)42-22-26-13-15-28(49-8)21-32(26)50-9/h13-17,19-21,24-25,33,35-36,39H,10-12,18,22-23H2,1-9H3,(H,45,46)(H,42,43,44)/t33-,35-,36+,39-/m1/s1. The minimum absolute atomic E-state index is 0.0986. The van der Waals surface area contributed by atoms with Crippen LogP contribution in [0.2, 0.25) is 0 Å². The van der Waals surface area contributed by atoms with E-state index in [4.69, 9.17) is 33.7 Å². The quantitative estimate of drug-likeness (QED) is 0.112. The fourth-order valence-corrected chi connectivity index (χ4v) is 7.57. The largest absolute Gasteiger partial charge is 0.497 e. The van der Waals surface area contributed by atoms with Crippen molar-refractivity contribution in [3.63, 3.8) is 0 Å². The summed E-state index contributed by atoms with van der Waals surface area (Å²) < 4.78 is 33.0. The Kier molecular flexibility index (Phi) is 10.4. The maximum atomic E-state index is 6.87. The first-order valence-electron chi connectivity index (χ1n) is 18.8. The molecule has 0 unspecified atom stereocenters. The van der Waals surface area contributed by atoms with Gasteiger partial charge in [0.25, 0.3) is 0 Å². The Balaban J connectivity index is 1.02. The summed E-state index contributed by atoms with van der Waals surface area (Å²) in [5.74, 6) is 2.54.